The Morgan fingerprint density at radius 1 is 1.12 bits per heavy atom. The quantitative estimate of drug-likeness (QED) is 0.759. The SMILES string of the molecule is CC(C)(C)C(=O)COc1cc(Cl)c(Cl)cc1Cl. The second-order valence-corrected chi connectivity index (χ2v) is 5.88. The van der Waals surface area contributed by atoms with Gasteiger partial charge in [-0.1, -0.05) is 55.6 Å². The highest BCUT2D eigenvalue weighted by Crippen LogP contribution is 2.34. The van der Waals surface area contributed by atoms with Gasteiger partial charge in [-0.05, 0) is 6.07 Å². The van der Waals surface area contributed by atoms with E-state index in [1.165, 1.54) is 12.1 Å². The molecule has 0 aliphatic carbocycles. The van der Waals surface area contributed by atoms with Gasteiger partial charge in [-0.2, -0.15) is 0 Å². The summed E-state index contributed by atoms with van der Waals surface area (Å²) in [5.41, 5.74) is -0.442. The second kappa shape index (κ2) is 5.47. The summed E-state index contributed by atoms with van der Waals surface area (Å²) in [6.45, 7) is 5.45. The number of ketones is 1. The van der Waals surface area contributed by atoms with Crippen molar-refractivity contribution in [1.29, 1.82) is 0 Å². The van der Waals surface area contributed by atoms with E-state index in [9.17, 15) is 4.79 Å². The summed E-state index contributed by atoms with van der Waals surface area (Å²) in [6.07, 6.45) is 0. The molecule has 0 spiro atoms. The Morgan fingerprint density at radius 2 is 1.65 bits per heavy atom. The van der Waals surface area contributed by atoms with Gasteiger partial charge in [0.05, 0.1) is 15.1 Å². The van der Waals surface area contributed by atoms with Crippen LogP contribution in [0.3, 0.4) is 0 Å². The van der Waals surface area contributed by atoms with E-state index < -0.39 is 5.41 Å². The Labute approximate surface area is 116 Å². The van der Waals surface area contributed by atoms with Crippen molar-refractivity contribution < 1.29 is 9.53 Å². The second-order valence-electron chi connectivity index (χ2n) is 4.66. The average Bonchev–Trinajstić information content (AvgIpc) is 2.19. The smallest absolute Gasteiger partial charge is 0.175 e. The van der Waals surface area contributed by atoms with E-state index in [2.05, 4.69) is 0 Å². The molecule has 1 aromatic carbocycles. The van der Waals surface area contributed by atoms with Crippen molar-refractivity contribution in [3.63, 3.8) is 0 Å². The van der Waals surface area contributed by atoms with E-state index in [-0.39, 0.29) is 12.4 Å². The first-order valence-electron chi connectivity index (χ1n) is 5.02. The summed E-state index contributed by atoms with van der Waals surface area (Å²) in [4.78, 5) is 11.7. The van der Waals surface area contributed by atoms with Crippen LogP contribution in [0, 0.1) is 5.41 Å². The van der Waals surface area contributed by atoms with Crippen molar-refractivity contribution in [2.75, 3.05) is 6.61 Å². The zero-order valence-electron chi connectivity index (χ0n) is 9.81. The minimum Gasteiger partial charge on any atom is -0.484 e. The van der Waals surface area contributed by atoms with Crippen molar-refractivity contribution in [3.8, 4) is 5.75 Å². The number of ether oxygens (including phenoxy) is 1. The van der Waals surface area contributed by atoms with Crippen LogP contribution in [0.1, 0.15) is 20.8 Å². The van der Waals surface area contributed by atoms with Crippen molar-refractivity contribution >= 4 is 40.6 Å². The molecule has 1 aromatic rings. The van der Waals surface area contributed by atoms with Gasteiger partial charge in [0.1, 0.15) is 12.4 Å². The Kier molecular flexibility index (Phi) is 4.70. The lowest BCUT2D eigenvalue weighted by Gasteiger charge is -2.17. The lowest BCUT2D eigenvalue weighted by Crippen LogP contribution is -2.26. The molecule has 17 heavy (non-hydrogen) atoms. The molecule has 0 aromatic heterocycles. The molecule has 0 heterocycles. The third-order valence-corrected chi connectivity index (χ3v) is 3.19. The summed E-state index contributed by atoms with van der Waals surface area (Å²) < 4.78 is 5.34. The first-order valence-corrected chi connectivity index (χ1v) is 6.16. The van der Waals surface area contributed by atoms with E-state index in [1.807, 2.05) is 20.8 Å². The topological polar surface area (TPSA) is 26.3 Å². The predicted octanol–water partition coefficient (Wildman–Crippen LogP) is 4.64. The van der Waals surface area contributed by atoms with E-state index >= 15 is 0 Å². The molecule has 0 radical (unpaired) electrons. The molecule has 0 saturated carbocycles. The fourth-order valence-electron chi connectivity index (χ4n) is 0.975. The van der Waals surface area contributed by atoms with Crippen LogP contribution in [0.2, 0.25) is 15.1 Å². The number of halogens is 3. The molecular formula is C12H13Cl3O2. The van der Waals surface area contributed by atoms with E-state index in [0.717, 1.165) is 0 Å². The number of hydrogen-bond donors (Lipinski definition) is 0. The Morgan fingerprint density at radius 3 is 2.18 bits per heavy atom. The Hall–Kier alpha value is -0.440. The Balaban J connectivity index is 2.77. The van der Waals surface area contributed by atoms with Gasteiger partial charge in [-0.25, -0.2) is 0 Å². The number of hydrogen-bond acceptors (Lipinski definition) is 2. The van der Waals surface area contributed by atoms with Gasteiger partial charge in [0.2, 0.25) is 0 Å². The van der Waals surface area contributed by atoms with Crippen molar-refractivity contribution in [2.45, 2.75) is 20.8 Å². The van der Waals surface area contributed by atoms with Crippen molar-refractivity contribution in [3.05, 3.63) is 27.2 Å². The maximum Gasteiger partial charge on any atom is 0.175 e. The normalized spacial score (nSPS) is 11.4. The van der Waals surface area contributed by atoms with Crippen LogP contribution < -0.4 is 4.74 Å². The first-order chi connectivity index (χ1) is 7.71. The summed E-state index contributed by atoms with van der Waals surface area (Å²) in [5.74, 6) is 0.346. The number of carbonyl (C=O) groups is 1. The van der Waals surface area contributed by atoms with Crippen LogP contribution in [0.15, 0.2) is 12.1 Å². The van der Waals surface area contributed by atoms with Crippen molar-refractivity contribution in [1.82, 2.24) is 0 Å². The molecule has 0 unspecified atom stereocenters. The van der Waals surface area contributed by atoms with Gasteiger partial charge in [-0.3, -0.25) is 4.79 Å². The molecule has 2 nitrogen and oxygen atoms in total. The lowest BCUT2D eigenvalue weighted by molar-refractivity contribution is -0.128. The molecular weight excluding hydrogens is 282 g/mol. The summed E-state index contributed by atoms with van der Waals surface area (Å²) in [5, 5.41) is 1.03. The summed E-state index contributed by atoms with van der Waals surface area (Å²) in [6, 6.07) is 2.99. The van der Waals surface area contributed by atoms with Gasteiger partial charge in [-0.15, -0.1) is 0 Å². The molecule has 0 aliphatic rings. The molecule has 0 amide bonds. The number of carbonyl (C=O) groups excluding carboxylic acids is 1. The van der Waals surface area contributed by atoms with E-state index in [4.69, 9.17) is 39.5 Å². The minimum absolute atomic E-state index is 0.0142. The highest BCUT2D eigenvalue weighted by atomic mass is 35.5. The summed E-state index contributed by atoms with van der Waals surface area (Å²) >= 11 is 17.5. The fourth-order valence-corrected chi connectivity index (χ4v) is 1.57. The molecule has 0 N–H and O–H groups in total. The number of benzene rings is 1. The average molecular weight is 296 g/mol. The lowest BCUT2D eigenvalue weighted by atomic mass is 9.91. The van der Waals surface area contributed by atoms with Crippen molar-refractivity contribution in [2.24, 2.45) is 5.41 Å². The molecule has 0 fully saturated rings. The van der Waals surface area contributed by atoms with Crippen LogP contribution in [0.5, 0.6) is 5.75 Å². The van der Waals surface area contributed by atoms with Gasteiger partial charge < -0.3 is 4.74 Å². The maximum atomic E-state index is 11.7. The molecule has 5 heteroatoms. The zero-order chi connectivity index (χ0) is 13.2. The minimum atomic E-state index is -0.442. The number of rotatable bonds is 3. The van der Waals surface area contributed by atoms with E-state index in [1.54, 1.807) is 0 Å². The third kappa shape index (κ3) is 4.06. The molecule has 0 bridgehead atoms. The molecule has 1 rings (SSSR count). The summed E-state index contributed by atoms with van der Waals surface area (Å²) in [7, 11) is 0. The highest BCUT2D eigenvalue weighted by Gasteiger charge is 2.22. The molecule has 94 valence electrons. The van der Waals surface area contributed by atoms with Gasteiger partial charge >= 0.3 is 0 Å². The van der Waals surface area contributed by atoms with Crippen LogP contribution in [0.25, 0.3) is 0 Å². The van der Waals surface area contributed by atoms with Gasteiger partial charge in [0.15, 0.2) is 5.78 Å². The highest BCUT2D eigenvalue weighted by molar-refractivity contribution is 6.43. The third-order valence-electron chi connectivity index (χ3n) is 2.17. The van der Waals surface area contributed by atoms with Crippen LogP contribution in [0.4, 0.5) is 0 Å². The van der Waals surface area contributed by atoms with Crippen LogP contribution in [-0.2, 0) is 4.79 Å². The predicted molar refractivity (Wildman–Crippen MR) is 71.4 cm³/mol. The van der Waals surface area contributed by atoms with Crippen LogP contribution >= 0.6 is 34.8 Å². The monoisotopic (exact) mass is 294 g/mol. The fraction of sp³-hybridized carbons (Fsp3) is 0.417. The first kappa shape index (κ1) is 14.6. The Bertz CT molecular complexity index is 436. The van der Waals surface area contributed by atoms with Gasteiger partial charge in [0, 0.05) is 11.5 Å². The van der Waals surface area contributed by atoms with Gasteiger partial charge in [0.25, 0.3) is 0 Å². The number of Topliss-reactive ketones (excluding diaryl/α,β-unsaturated/α-hetero) is 1. The zero-order valence-corrected chi connectivity index (χ0v) is 12.1. The molecule has 0 aliphatic heterocycles. The largest absolute Gasteiger partial charge is 0.484 e. The maximum absolute atomic E-state index is 11.7. The standard InChI is InChI=1S/C12H13Cl3O2/c1-12(2,3)11(16)6-17-10-5-8(14)7(13)4-9(10)15/h4-5H,6H2,1-3H3. The molecule has 0 atom stereocenters. The van der Waals surface area contributed by atoms with E-state index in [0.29, 0.717) is 20.8 Å². The molecule has 0 saturated heterocycles. The van der Waals surface area contributed by atoms with Crippen LogP contribution in [-0.4, -0.2) is 12.4 Å².